The van der Waals surface area contributed by atoms with Crippen LogP contribution in [-0.2, 0) is 6.61 Å². The Kier molecular flexibility index (Phi) is 3.50. The zero-order chi connectivity index (χ0) is 14.8. The van der Waals surface area contributed by atoms with Gasteiger partial charge in [-0.05, 0) is 30.7 Å². The van der Waals surface area contributed by atoms with Gasteiger partial charge in [0.05, 0.1) is 12.2 Å². The average molecular weight is 284 g/mol. The van der Waals surface area contributed by atoms with E-state index in [1.165, 1.54) is 6.07 Å². The number of aromatic nitrogens is 2. The highest BCUT2D eigenvalue weighted by molar-refractivity contribution is 5.61. The lowest BCUT2D eigenvalue weighted by Crippen LogP contribution is -1.87. The number of benzene rings is 2. The summed E-state index contributed by atoms with van der Waals surface area (Å²) in [5, 5.41) is 13.0. The highest BCUT2D eigenvalue weighted by atomic mass is 19.1. The van der Waals surface area contributed by atoms with E-state index in [1.54, 1.807) is 36.4 Å². The Balaban J connectivity index is 2.01. The maximum Gasteiger partial charge on any atom is 0.261 e. The molecule has 5 heteroatoms. The summed E-state index contributed by atoms with van der Waals surface area (Å²) in [6, 6.07) is 11.9. The van der Waals surface area contributed by atoms with Crippen molar-refractivity contribution in [3.63, 3.8) is 0 Å². The maximum absolute atomic E-state index is 13.8. The first-order chi connectivity index (χ1) is 10.2. The van der Waals surface area contributed by atoms with Crippen LogP contribution in [0.25, 0.3) is 22.8 Å². The van der Waals surface area contributed by atoms with Gasteiger partial charge >= 0.3 is 0 Å². The van der Waals surface area contributed by atoms with Crippen LogP contribution >= 0.6 is 0 Å². The fourth-order valence-corrected chi connectivity index (χ4v) is 2.06. The van der Waals surface area contributed by atoms with Crippen LogP contribution in [0, 0.1) is 12.7 Å². The fraction of sp³-hybridized carbons (Fsp3) is 0.125. The van der Waals surface area contributed by atoms with E-state index in [4.69, 9.17) is 9.63 Å². The number of aliphatic hydroxyl groups excluding tert-OH is 1. The number of hydrogen-bond acceptors (Lipinski definition) is 4. The zero-order valence-corrected chi connectivity index (χ0v) is 11.4. The van der Waals surface area contributed by atoms with Crippen LogP contribution in [0.5, 0.6) is 0 Å². The normalized spacial score (nSPS) is 10.8. The summed E-state index contributed by atoms with van der Waals surface area (Å²) < 4.78 is 19.0. The van der Waals surface area contributed by atoms with Gasteiger partial charge in [0.15, 0.2) is 0 Å². The van der Waals surface area contributed by atoms with E-state index in [9.17, 15) is 4.39 Å². The quantitative estimate of drug-likeness (QED) is 0.801. The van der Waals surface area contributed by atoms with E-state index in [-0.39, 0.29) is 18.1 Å². The first-order valence-corrected chi connectivity index (χ1v) is 6.48. The Hall–Kier alpha value is -2.53. The molecule has 106 valence electrons. The van der Waals surface area contributed by atoms with Gasteiger partial charge in [0.2, 0.25) is 5.82 Å². The van der Waals surface area contributed by atoms with Crippen LogP contribution in [0.3, 0.4) is 0 Å². The minimum atomic E-state index is -0.403. The monoisotopic (exact) mass is 284 g/mol. The second-order valence-corrected chi connectivity index (χ2v) is 4.76. The molecule has 1 N–H and O–H groups in total. The van der Waals surface area contributed by atoms with Gasteiger partial charge in [-0.1, -0.05) is 35.0 Å². The molecular weight excluding hydrogens is 271 g/mol. The SMILES string of the molecule is Cc1ccc(F)c(-c2nc(-c3cccc(CO)c3)no2)c1. The van der Waals surface area contributed by atoms with Gasteiger partial charge in [0, 0.05) is 5.56 Å². The van der Waals surface area contributed by atoms with Gasteiger partial charge < -0.3 is 9.63 Å². The highest BCUT2D eigenvalue weighted by Crippen LogP contribution is 2.25. The lowest BCUT2D eigenvalue weighted by atomic mass is 10.1. The predicted molar refractivity (Wildman–Crippen MR) is 75.8 cm³/mol. The molecule has 0 fully saturated rings. The standard InChI is InChI=1S/C16H13FN2O2/c1-10-5-6-14(17)13(7-10)16-18-15(19-21-16)12-4-2-3-11(8-12)9-20/h2-8,20H,9H2,1H3. The van der Waals surface area contributed by atoms with E-state index in [2.05, 4.69) is 10.1 Å². The molecule has 0 bridgehead atoms. The highest BCUT2D eigenvalue weighted by Gasteiger charge is 2.14. The lowest BCUT2D eigenvalue weighted by Gasteiger charge is -1.99. The smallest absolute Gasteiger partial charge is 0.261 e. The van der Waals surface area contributed by atoms with Crippen molar-refractivity contribution in [1.29, 1.82) is 0 Å². The number of aliphatic hydroxyl groups is 1. The van der Waals surface area contributed by atoms with Crippen molar-refractivity contribution in [2.24, 2.45) is 0 Å². The lowest BCUT2D eigenvalue weighted by molar-refractivity contribution is 0.282. The second kappa shape index (κ2) is 5.46. The molecule has 0 saturated carbocycles. The van der Waals surface area contributed by atoms with Gasteiger partial charge in [-0.25, -0.2) is 4.39 Å². The molecule has 0 radical (unpaired) electrons. The van der Waals surface area contributed by atoms with Gasteiger partial charge in [-0.15, -0.1) is 0 Å². The molecule has 21 heavy (non-hydrogen) atoms. The van der Waals surface area contributed by atoms with E-state index < -0.39 is 5.82 Å². The summed E-state index contributed by atoms with van der Waals surface area (Å²) >= 11 is 0. The van der Waals surface area contributed by atoms with Crippen LogP contribution < -0.4 is 0 Å². The summed E-state index contributed by atoms with van der Waals surface area (Å²) in [5.74, 6) is 0.0988. The number of rotatable bonds is 3. The molecule has 3 rings (SSSR count). The van der Waals surface area contributed by atoms with E-state index in [0.29, 0.717) is 11.4 Å². The summed E-state index contributed by atoms with van der Waals surface area (Å²) in [4.78, 5) is 4.23. The van der Waals surface area contributed by atoms with Gasteiger partial charge in [-0.2, -0.15) is 4.98 Å². The summed E-state index contributed by atoms with van der Waals surface area (Å²) in [7, 11) is 0. The molecular formula is C16H13FN2O2. The largest absolute Gasteiger partial charge is 0.392 e. The zero-order valence-electron chi connectivity index (χ0n) is 11.4. The Morgan fingerprint density at radius 3 is 2.86 bits per heavy atom. The van der Waals surface area contributed by atoms with Gasteiger partial charge in [0.25, 0.3) is 5.89 Å². The molecule has 0 atom stereocenters. The van der Waals surface area contributed by atoms with Gasteiger partial charge in [-0.3, -0.25) is 0 Å². The molecule has 0 spiro atoms. The third kappa shape index (κ3) is 2.68. The van der Waals surface area contributed by atoms with Crippen molar-refractivity contribution in [2.45, 2.75) is 13.5 Å². The van der Waals surface area contributed by atoms with Crippen LogP contribution in [-0.4, -0.2) is 15.2 Å². The molecule has 0 aliphatic rings. The summed E-state index contributed by atoms with van der Waals surface area (Å²) in [6.07, 6.45) is 0. The first kappa shape index (κ1) is 13.5. The second-order valence-electron chi connectivity index (χ2n) is 4.76. The minimum Gasteiger partial charge on any atom is -0.392 e. The number of halogens is 1. The molecule has 0 saturated heterocycles. The molecule has 0 aliphatic carbocycles. The van der Waals surface area contributed by atoms with Gasteiger partial charge in [0.1, 0.15) is 5.82 Å². The molecule has 0 amide bonds. The molecule has 2 aromatic carbocycles. The molecule has 0 aliphatic heterocycles. The van der Waals surface area contributed by atoms with Crippen molar-refractivity contribution >= 4 is 0 Å². The Labute approximate surface area is 120 Å². The third-order valence-electron chi connectivity index (χ3n) is 3.15. The third-order valence-corrected chi connectivity index (χ3v) is 3.15. The summed E-state index contributed by atoms with van der Waals surface area (Å²) in [6.45, 7) is 1.80. The van der Waals surface area contributed by atoms with Crippen molar-refractivity contribution in [3.05, 3.63) is 59.4 Å². The van der Waals surface area contributed by atoms with Crippen molar-refractivity contribution in [3.8, 4) is 22.8 Å². The number of nitrogens with zero attached hydrogens (tertiary/aromatic N) is 2. The van der Waals surface area contributed by atoms with Crippen LogP contribution in [0.2, 0.25) is 0 Å². The van der Waals surface area contributed by atoms with E-state index >= 15 is 0 Å². The number of hydrogen-bond donors (Lipinski definition) is 1. The molecule has 3 aromatic rings. The minimum absolute atomic E-state index is 0.0644. The van der Waals surface area contributed by atoms with Crippen molar-refractivity contribution < 1.29 is 14.0 Å². The van der Waals surface area contributed by atoms with E-state index in [1.807, 2.05) is 6.92 Å². The molecule has 4 nitrogen and oxygen atoms in total. The topological polar surface area (TPSA) is 59.2 Å². The molecule has 1 aromatic heterocycles. The molecule has 1 heterocycles. The van der Waals surface area contributed by atoms with E-state index in [0.717, 1.165) is 11.1 Å². The predicted octanol–water partition coefficient (Wildman–Crippen LogP) is 3.34. The summed E-state index contributed by atoms with van der Waals surface area (Å²) in [5.41, 5.74) is 2.66. The molecule has 0 unspecified atom stereocenters. The van der Waals surface area contributed by atoms with Crippen molar-refractivity contribution in [2.75, 3.05) is 0 Å². The van der Waals surface area contributed by atoms with Crippen LogP contribution in [0.1, 0.15) is 11.1 Å². The Bertz CT molecular complexity index is 783. The van der Waals surface area contributed by atoms with Crippen LogP contribution in [0.15, 0.2) is 47.0 Å². The first-order valence-electron chi connectivity index (χ1n) is 6.48. The average Bonchev–Trinajstić information content (AvgIpc) is 2.99. The fourth-order valence-electron chi connectivity index (χ4n) is 2.06. The maximum atomic E-state index is 13.8. The van der Waals surface area contributed by atoms with Crippen LogP contribution in [0.4, 0.5) is 4.39 Å². The number of aryl methyl sites for hydroxylation is 1. The Morgan fingerprint density at radius 2 is 2.05 bits per heavy atom. The van der Waals surface area contributed by atoms with Crippen molar-refractivity contribution in [1.82, 2.24) is 10.1 Å². The Morgan fingerprint density at radius 1 is 1.19 bits per heavy atom.